The summed E-state index contributed by atoms with van der Waals surface area (Å²) < 4.78 is 123. The highest BCUT2D eigenvalue weighted by molar-refractivity contribution is 8.00. The van der Waals surface area contributed by atoms with Crippen molar-refractivity contribution in [1.29, 1.82) is 0 Å². The zero-order chi connectivity index (χ0) is 39.2. The smallest absolute Gasteiger partial charge is 0.425 e. The van der Waals surface area contributed by atoms with Crippen LogP contribution in [0.3, 0.4) is 0 Å². The molecule has 0 saturated heterocycles. The molecule has 0 amide bonds. The topological polar surface area (TPSA) is 149 Å². The lowest BCUT2D eigenvalue weighted by Gasteiger charge is -2.36. The number of nitrogens with zero attached hydrogens (tertiary/aromatic N) is 2. The molecule has 0 spiro atoms. The number of fused-ring (bicyclic) bond motifs is 3. The van der Waals surface area contributed by atoms with Crippen LogP contribution in [0.25, 0.3) is 5.57 Å². The average Bonchev–Trinajstić information content (AvgIpc) is 3.07. The third-order valence-corrected chi connectivity index (χ3v) is 11.2. The molecule has 1 heterocycles. The van der Waals surface area contributed by atoms with Gasteiger partial charge < -0.3 is 10.0 Å². The zero-order valence-electron chi connectivity index (χ0n) is 28.7. The molecule has 0 saturated carbocycles. The summed E-state index contributed by atoms with van der Waals surface area (Å²) in [6.45, 7) is 5.03. The Kier molecular flexibility index (Phi) is 11.2. The van der Waals surface area contributed by atoms with Gasteiger partial charge >= 0.3 is 16.6 Å². The largest absolute Gasteiger partial charge is 0.481 e. The summed E-state index contributed by atoms with van der Waals surface area (Å²) in [4.78, 5) is 11.7. The van der Waals surface area contributed by atoms with Crippen molar-refractivity contribution < 1.29 is 53.1 Å². The van der Waals surface area contributed by atoms with E-state index >= 15 is 17.6 Å². The summed E-state index contributed by atoms with van der Waals surface area (Å²) in [6.07, 6.45) is 1.36. The number of aliphatic carboxylic acids is 1. The van der Waals surface area contributed by atoms with Gasteiger partial charge in [-0.2, -0.15) is 8.42 Å². The standard InChI is InChI=1S/C36H32F4N2O5S2.O3S/c1-36(2)25-15-21(41(3)4)9-12-23(25)29(30-31(37)33(39)35(34(40)32(30)38)48-18-28(43)44)24-14-20-6-5-13-42(27(20)16-26(24)36)17-19-7-10-22(11-8-19)49(45,46)47;1-4(2)3/h7-12,14-16H,5-6,13,17-18H2,1-4H3,(H-,43,44,45,46,47);/p+1. The molecule has 1 aliphatic heterocycles. The normalized spacial score (nSPS) is 14.4. The molecule has 0 unspecified atom stereocenters. The lowest BCUT2D eigenvalue weighted by Crippen LogP contribution is -2.43. The summed E-state index contributed by atoms with van der Waals surface area (Å²) in [7, 11) is -3.76. The van der Waals surface area contributed by atoms with Crippen molar-refractivity contribution in [3.63, 3.8) is 0 Å². The summed E-state index contributed by atoms with van der Waals surface area (Å²) >= 11 is 0.171. The second-order valence-electron chi connectivity index (χ2n) is 13.1. The Hall–Kier alpha value is -4.58. The molecule has 0 bridgehead atoms. The third kappa shape index (κ3) is 7.88. The van der Waals surface area contributed by atoms with E-state index in [1.54, 1.807) is 24.3 Å². The monoisotopic (exact) mass is 793 g/mol. The number of rotatable bonds is 8. The minimum absolute atomic E-state index is 0.00191. The van der Waals surface area contributed by atoms with Crippen LogP contribution in [-0.4, -0.2) is 63.1 Å². The number of carboxylic acid groups (broad SMARTS) is 1. The Labute approximate surface area is 307 Å². The lowest BCUT2D eigenvalue weighted by atomic mass is 9.68. The van der Waals surface area contributed by atoms with Crippen LogP contribution in [-0.2, 0) is 43.9 Å². The lowest BCUT2D eigenvalue weighted by molar-refractivity contribution is -0.133. The summed E-state index contributed by atoms with van der Waals surface area (Å²) in [5.74, 6) is -8.72. The van der Waals surface area contributed by atoms with Crippen LogP contribution in [0.2, 0.25) is 0 Å². The van der Waals surface area contributed by atoms with Gasteiger partial charge in [-0.15, -0.1) is 24.4 Å². The fraction of sp³-hybridized carbons (Fsp3) is 0.278. The van der Waals surface area contributed by atoms with Crippen LogP contribution < -0.4 is 20.1 Å². The average molecular weight is 794 g/mol. The number of thioether (sulfide) groups is 1. The number of halogens is 4. The second-order valence-corrected chi connectivity index (χ2v) is 16.0. The Morgan fingerprint density at radius 2 is 1.53 bits per heavy atom. The van der Waals surface area contributed by atoms with Crippen molar-refractivity contribution >= 4 is 49.7 Å². The molecule has 0 aromatic heterocycles. The molecule has 4 aromatic carbocycles. The van der Waals surface area contributed by atoms with Gasteiger partial charge in [0.1, 0.15) is 6.54 Å². The Balaban J connectivity index is 0.00000129. The maximum Gasteiger partial charge on any atom is 0.425 e. The third-order valence-electron chi connectivity index (χ3n) is 9.25. The van der Waals surface area contributed by atoms with E-state index in [0.717, 1.165) is 28.6 Å². The fourth-order valence-corrected chi connectivity index (χ4v) is 7.96. The number of hydrogen-bond acceptors (Lipinski definition) is 8. The van der Waals surface area contributed by atoms with Crippen molar-refractivity contribution in [2.45, 2.75) is 48.4 Å². The zero-order valence-corrected chi connectivity index (χ0v) is 31.2. The van der Waals surface area contributed by atoms with Gasteiger partial charge in [0.15, 0.2) is 29.8 Å². The van der Waals surface area contributed by atoms with E-state index in [1.807, 2.05) is 51.0 Å². The predicted molar refractivity (Wildman–Crippen MR) is 189 cm³/mol. The van der Waals surface area contributed by atoms with E-state index in [4.69, 9.17) is 17.7 Å². The van der Waals surface area contributed by atoms with E-state index in [9.17, 15) is 17.8 Å². The first-order valence-electron chi connectivity index (χ1n) is 15.9. The molecule has 0 radical (unpaired) electrons. The number of hydrogen-bond donors (Lipinski definition) is 2. The second kappa shape index (κ2) is 15.0. The molecule has 0 fully saturated rings. The van der Waals surface area contributed by atoms with Crippen LogP contribution in [0.5, 0.6) is 0 Å². The number of carboxylic acids is 1. The number of aryl methyl sites for hydroxylation is 1. The van der Waals surface area contributed by atoms with Gasteiger partial charge in [0, 0.05) is 54.4 Å². The Morgan fingerprint density at radius 3 is 2.08 bits per heavy atom. The summed E-state index contributed by atoms with van der Waals surface area (Å²) in [5, 5.41) is 10.3. The highest BCUT2D eigenvalue weighted by Gasteiger charge is 2.38. The van der Waals surface area contributed by atoms with E-state index in [2.05, 4.69) is 4.58 Å². The van der Waals surface area contributed by atoms with E-state index in [1.165, 1.54) is 12.1 Å². The van der Waals surface area contributed by atoms with Gasteiger partial charge in [-0.05, 0) is 58.7 Å². The number of anilines is 1. The minimum atomic E-state index is -4.35. The molecule has 1 aliphatic carbocycles. The van der Waals surface area contributed by atoms with Crippen LogP contribution in [0.15, 0.2) is 64.4 Å². The highest BCUT2D eigenvalue weighted by Crippen LogP contribution is 2.44. The molecule has 4 aromatic rings. The first-order valence-corrected chi connectivity index (χ1v) is 19.3. The quantitative estimate of drug-likeness (QED) is 0.0873. The number of benzene rings is 4. The van der Waals surface area contributed by atoms with Crippen molar-refractivity contribution in [2.75, 3.05) is 31.3 Å². The van der Waals surface area contributed by atoms with Crippen LogP contribution in [0.1, 0.15) is 53.6 Å². The summed E-state index contributed by atoms with van der Waals surface area (Å²) in [6, 6.07) is 15.1. The SMILES string of the molecule is CN(C)c1ccc2c(c1)C(C)(C)c1cc3c(cc1=C2c1c(F)c(F)c(SCC(=O)O)c(F)c1F)CCC[N+]=3Cc1ccc(S(=O)(=O)O)cc1.O=S(=O)=O. The van der Waals surface area contributed by atoms with E-state index in [-0.39, 0.29) is 22.2 Å². The van der Waals surface area contributed by atoms with Crippen molar-refractivity contribution in [3.05, 3.63) is 122 Å². The summed E-state index contributed by atoms with van der Waals surface area (Å²) in [5.41, 5.74) is 2.64. The van der Waals surface area contributed by atoms with Gasteiger partial charge in [-0.25, -0.2) is 22.1 Å². The Bertz CT molecular complexity index is 2490. The van der Waals surface area contributed by atoms with Crippen molar-refractivity contribution in [2.24, 2.45) is 0 Å². The van der Waals surface area contributed by atoms with Crippen LogP contribution in [0, 0.1) is 23.3 Å². The first kappa shape index (κ1) is 39.6. The van der Waals surface area contributed by atoms with Gasteiger partial charge in [0.25, 0.3) is 10.1 Å². The van der Waals surface area contributed by atoms with E-state index < -0.39 is 71.6 Å². The predicted octanol–water partition coefficient (Wildman–Crippen LogP) is 4.25. The van der Waals surface area contributed by atoms with E-state index in [0.29, 0.717) is 41.4 Å². The van der Waals surface area contributed by atoms with Gasteiger partial charge in [0.2, 0.25) is 5.36 Å². The first-order chi connectivity index (χ1) is 24.7. The van der Waals surface area contributed by atoms with Crippen molar-refractivity contribution in [3.8, 4) is 0 Å². The molecule has 2 aliphatic rings. The van der Waals surface area contributed by atoms with Crippen molar-refractivity contribution in [1.82, 2.24) is 4.58 Å². The highest BCUT2D eigenvalue weighted by atomic mass is 32.2. The molecule has 2 N–H and O–H groups in total. The molecular weight excluding hydrogens is 761 g/mol. The minimum Gasteiger partial charge on any atom is -0.481 e. The maximum absolute atomic E-state index is 16.1. The molecule has 0 atom stereocenters. The molecule has 10 nitrogen and oxygen atoms in total. The van der Waals surface area contributed by atoms with Gasteiger partial charge in [-0.3, -0.25) is 9.35 Å². The van der Waals surface area contributed by atoms with Gasteiger partial charge in [-0.1, -0.05) is 32.0 Å². The van der Waals surface area contributed by atoms with Crippen LogP contribution in [0.4, 0.5) is 23.2 Å². The molecule has 17 heteroatoms. The van der Waals surface area contributed by atoms with Crippen LogP contribution >= 0.6 is 11.8 Å². The number of carbonyl (C=O) groups is 1. The molecule has 6 rings (SSSR count). The molecule has 280 valence electrons. The molecular formula is C36H33F4N2O8S3+. The maximum atomic E-state index is 16.1. The van der Waals surface area contributed by atoms with Gasteiger partial charge in [0.05, 0.1) is 21.1 Å². The Morgan fingerprint density at radius 1 is 0.925 bits per heavy atom. The molecule has 53 heavy (non-hydrogen) atoms. The fourth-order valence-electron chi connectivity index (χ4n) is 6.78.